The minimum atomic E-state index is -2.30. The second kappa shape index (κ2) is 8.41. The van der Waals surface area contributed by atoms with E-state index >= 15 is 0 Å². The second-order valence-electron chi connectivity index (χ2n) is 6.80. The molecule has 0 bridgehead atoms. The Hall–Kier alpha value is -1.97. The van der Waals surface area contributed by atoms with Gasteiger partial charge in [0.05, 0.1) is 6.10 Å². The fourth-order valence-electron chi connectivity index (χ4n) is 3.62. The molecule has 1 aliphatic rings. The van der Waals surface area contributed by atoms with Crippen LogP contribution in [0.15, 0.2) is 60.7 Å². The lowest BCUT2D eigenvalue weighted by Crippen LogP contribution is -2.45. The van der Waals surface area contributed by atoms with Crippen LogP contribution >= 0.6 is 0 Å². The average Bonchev–Trinajstić information content (AvgIpc) is 2.68. The fourth-order valence-corrected chi connectivity index (χ4v) is 3.62. The van der Waals surface area contributed by atoms with Gasteiger partial charge in [0.15, 0.2) is 5.78 Å². The Morgan fingerprint density at radius 1 is 1.12 bits per heavy atom. The third-order valence-corrected chi connectivity index (χ3v) is 5.06. The van der Waals surface area contributed by atoms with Crippen molar-refractivity contribution in [3.63, 3.8) is 0 Å². The minimum absolute atomic E-state index is 0.0379. The quantitative estimate of drug-likeness (QED) is 0.800. The molecule has 0 radical (unpaired) electrons. The molecule has 3 rings (SSSR count). The van der Waals surface area contributed by atoms with Crippen molar-refractivity contribution in [1.29, 1.82) is 0 Å². The van der Waals surface area contributed by atoms with E-state index in [9.17, 15) is 9.90 Å². The molecule has 0 aromatic heterocycles. The molecule has 2 aromatic carbocycles. The summed E-state index contributed by atoms with van der Waals surface area (Å²) >= 11 is 0. The standard InChI is InChI=1S/C22H27NO2/c1-23-19(15-21(24)17-9-4-2-5-10-17)13-8-14-20(23)16-22(25)18-11-6-3-7-12-18/h2-7,9-12,19-21,24H,8,13-16H2,1H3/t19-,20+,21?/m0/s1/i1D3. The minimum Gasteiger partial charge on any atom is -0.388 e. The zero-order chi connectivity index (χ0) is 20.1. The average molecular weight is 340 g/mol. The number of rotatable bonds is 6. The van der Waals surface area contributed by atoms with Crippen LogP contribution in [0.4, 0.5) is 0 Å². The Morgan fingerprint density at radius 3 is 2.44 bits per heavy atom. The van der Waals surface area contributed by atoms with Gasteiger partial charge in [-0.15, -0.1) is 0 Å². The largest absolute Gasteiger partial charge is 0.388 e. The van der Waals surface area contributed by atoms with Gasteiger partial charge < -0.3 is 5.11 Å². The van der Waals surface area contributed by atoms with E-state index in [-0.39, 0.29) is 24.3 Å². The summed E-state index contributed by atoms with van der Waals surface area (Å²) in [5.74, 6) is -0.0379. The van der Waals surface area contributed by atoms with Crippen molar-refractivity contribution in [2.75, 3.05) is 6.98 Å². The van der Waals surface area contributed by atoms with Crippen LogP contribution in [-0.2, 0) is 0 Å². The lowest BCUT2D eigenvalue weighted by atomic mass is 9.88. The van der Waals surface area contributed by atoms with Crippen molar-refractivity contribution < 1.29 is 14.0 Å². The number of ketones is 1. The lowest BCUT2D eigenvalue weighted by Gasteiger charge is -2.40. The fraction of sp³-hybridized carbons (Fsp3) is 0.409. The Labute approximate surface area is 154 Å². The number of aliphatic hydroxyl groups excluding tert-OH is 1. The highest BCUT2D eigenvalue weighted by Crippen LogP contribution is 2.30. The van der Waals surface area contributed by atoms with Gasteiger partial charge in [0.25, 0.3) is 0 Å². The van der Waals surface area contributed by atoms with Gasteiger partial charge in [-0.1, -0.05) is 67.1 Å². The van der Waals surface area contributed by atoms with E-state index in [1.54, 1.807) is 12.1 Å². The maximum absolute atomic E-state index is 12.7. The van der Waals surface area contributed by atoms with E-state index in [2.05, 4.69) is 0 Å². The van der Waals surface area contributed by atoms with Crippen molar-refractivity contribution in [2.45, 2.75) is 50.3 Å². The first kappa shape index (κ1) is 14.2. The Balaban J connectivity index is 1.76. The number of nitrogens with zero attached hydrogens (tertiary/aromatic N) is 1. The van der Waals surface area contributed by atoms with E-state index in [1.807, 2.05) is 48.5 Å². The first-order valence-corrected chi connectivity index (χ1v) is 8.96. The molecule has 1 N–H and O–H groups in total. The number of Topliss-reactive ketones (excluding diaryl/α,β-unsaturated/α-hetero) is 1. The molecule has 0 spiro atoms. The van der Waals surface area contributed by atoms with Crippen molar-refractivity contribution in [1.82, 2.24) is 4.90 Å². The number of benzene rings is 2. The van der Waals surface area contributed by atoms with E-state index in [0.717, 1.165) is 12.0 Å². The summed E-state index contributed by atoms with van der Waals surface area (Å²) in [4.78, 5) is 14.2. The molecule has 2 aromatic rings. The Bertz CT molecular complexity index is 764. The molecule has 3 atom stereocenters. The van der Waals surface area contributed by atoms with Gasteiger partial charge in [-0.05, 0) is 31.8 Å². The van der Waals surface area contributed by atoms with Gasteiger partial charge in [0, 0.05) is 28.2 Å². The Morgan fingerprint density at radius 2 is 1.76 bits per heavy atom. The lowest BCUT2D eigenvalue weighted by molar-refractivity contribution is 0.0549. The molecule has 1 fully saturated rings. The summed E-state index contributed by atoms with van der Waals surface area (Å²) in [5.41, 5.74) is 1.40. The topological polar surface area (TPSA) is 40.5 Å². The van der Waals surface area contributed by atoms with Crippen LogP contribution in [0.5, 0.6) is 0 Å². The van der Waals surface area contributed by atoms with Crippen molar-refractivity contribution in [3.05, 3.63) is 71.8 Å². The van der Waals surface area contributed by atoms with E-state index in [1.165, 1.54) is 4.90 Å². The van der Waals surface area contributed by atoms with Gasteiger partial charge in [-0.2, -0.15) is 0 Å². The molecule has 3 nitrogen and oxygen atoms in total. The van der Waals surface area contributed by atoms with E-state index in [4.69, 9.17) is 4.11 Å². The Kier molecular flexibility index (Phi) is 4.79. The highest BCUT2D eigenvalue weighted by molar-refractivity contribution is 5.96. The molecular weight excluding hydrogens is 310 g/mol. The number of carbonyl (C=O) groups excluding carboxylic acids is 1. The van der Waals surface area contributed by atoms with Gasteiger partial charge >= 0.3 is 0 Å². The summed E-state index contributed by atoms with van der Waals surface area (Å²) in [6.45, 7) is -2.30. The predicted octanol–water partition coefficient (Wildman–Crippen LogP) is 4.24. The summed E-state index contributed by atoms with van der Waals surface area (Å²) < 4.78 is 24.2. The summed E-state index contributed by atoms with van der Waals surface area (Å²) in [7, 11) is 0. The highest BCUT2D eigenvalue weighted by atomic mass is 16.3. The zero-order valence-electron chi connectivity index (χ0n) is 17.3. The number of likely N-dealkylation sites (tertiary alicyclic amines) is 1. The van der Waals surface area contributed by atoms with Crippen LogP contribution in [0, 0.1) is 0 Å². The summed E-state index contributed by atoms with van der Waals surface area (Å²) in [5, 5.41) is 10.6. The summed E-state index contributed by atoms with van der Waals surface area (Å²) in [6, 6.07) is 17.7. The smallest absolute Gasteiger partial charge is 0.164 e. The van der Waals surface area contributed by atoms with E-state index in [0.29, 0.717) is 24.8 Å². The van der Waals surface area contributed by atoms with Crippen LogP contribution in [0.1, 0.15) is 58.2 Å². The zero-order valence-corrected chi connectivity index (χ0v) is 14.3. The molecule has 0 saturated carbocycles. The summed E-state index contributed by atoms with van der Waals surface area (Å²) in [6.07, 6.45) is 2.04. The van der Waals surface area contributed by atoms with E-state index < -0.39 is 13.1 Å². The molecule has 1 heterocycles. The third-order valence-electron chi connectivity index (χ3n) is 5.06. The molecule has 1 aliphatic heterocycles. The van der Waals surface area contributed by atoms with Crippen LogP contribution in [0.3, 0.4) is 0 Å². The first-order chi connectivity index (χ1) is 13.4. The van der Waals surface area contributed by atoms with Crippen LogP contribution in [0.2, 0.25) is 0 Å². The van der Waals surface area contributed by atoms with Crippen molar-refractivity contribution in [2.24, 2.45) is 0 Å². The SMILES string of the molecule is [2H]C([2H])([2H])N1[C@@H](CC(=O)c2ccccc2)CCC[C@H]1CC(O)c1ccccc1. The number of piperidine rings is 1. The third kappa shape index (κ3) is 4.56. The van der Waals surface area contributed by atoms with Crippen molar-refractivity contribution >= 4 is 5.78 Å². The van der Waals surface area contributed by atoms with Gasteiger partial charge in [0.2, 0.25) is 0 Å². The number of hydrogen-bond acceptors (Lipinski definition) is 3. The van der Waals surface area contributed by atoms with Gasteiger partial charge in [-0.3, -0.25) is 9.69 Å². The van der Waals surface area contributed by atoms with Crippen molar-refractivity contribution in [3.8, 4) is 0 Å². The molecule has 3 heteroatoms. The molecule has 0 aliphatic carbocycles. The second-order valence-corrected chi connectivity index (χ2v) is 6.80. The number of carbonyl (C=O) groups is 1. The molecule has 132 valence electrons. The van der Waals surface area contributed by atoms with Gasteiger partial charge in [0.1, 0.15) is 0 Å². The molecular formula is C22H27NO2. The number of hydrogen-bond donors (Lipinski definition) is 1. The van der Waals surface area contributed by atoms with Crippen LogP contribution in [0.25, 0.3) is 0 Å². The maximum atomic E-state index is 12.7. The van der Waals surface area contributed by atoms with Gasteiger partial charge in [-0.25, -0.2) is 0 Å². The highest BCUT2D eigenvalue weighted by Gasteiger charge is 2.30. The maximum Gasteiger partial charge on any atom is 0.164 e. The number of aliphatic hydroxyl groups is 1. The normalized spacial score (nSPS) is 24.8. The van der Waals surface area contributed by atoms with Crippen LogP contribution in [-0.4, -0.2) is 34.8 Å². The molecule has 1 saturated heterocycles. The molecule has 25 heavy (non-hydrogen) atoms. The first-order valence-electron chi connectivity index (χ1n) is 10.5. The predicted molar refractivity (Wildman–Crippen MR) is 101 cm³/mol. The van der Waals surface area contributed by atoms with Crippen LogP contribution < -0.4 is 0 Å². The monoisotopic (exact) mass is 340 g/mol. The molecule has 1 unspecified atom stereocenters. The molecule has 0 amide bonds.